The van der Waals surface area contributed by atoms with Gasteiger partial charge in [0, 0.05) is 33.1 Å². The minimum Gasteiger partial charge on any atom is -0.349 e. The summed E-state index contributed by atoms with van der Waals surface area (Å²) in [6.45, 7) is 3.36. The molecule has 0 aromatic heterocycles. The number of carbonyl (C=O) groups is 1. The number of rotatable bonds is 5. The lowest BCUT2D eigenvalue weighted by atomic mass is 10.2. The van der Waals surface area contributed by atoms with Crippen LogP contribution < -0.4 is 11.1 Å². The van der Waals surface area contributed by atoms with Crippen molar-refractivity contribution in [1.29, 1.82) is 0 Å². The zero-order chi connectivity index (χ0) is 9.56. The molecule has 12 heavy (non-hydrogen) atoms. The second kappa shape index (κ2) is 5.97. The number of hydrogen-bond acceptors (Lipinski definition) is 3. The summed E-state index contributed by atoms with van der Waals surface area (Å²) < 4.78 is 0. The van der Waals surface area contributed by atoms with E-state index in [-0.39, 0.29) is 11.9 Å². The summed E-state index contributed by atoms with van der Waals surface area (Å²) in [6.07, 6.45) is 0.483. The van der Waals surface area contributed by atoms with Crippen molar-refractivity contribution < 1.29 is 4.79 Å². The minimum absolute atomic E-state index is 0.116. The van der Waals surface area contributed by atoms with E-state index < -0.39 is 0 Å². The summed E-state index contributed by atoms with van der Waals surface area (Å²) in [5.41, 5.74) is 5.47. The van der Waals surface area contributed by atoms with Gasteiger partial charge in [-0.2, -0.15) is 0 Å². The van der Waals surface area contributed by atoms with Gasteiger partial charge in [0.15, 0.2) is 0 Å². The lowest BCUT2D eigenvalue weighted by Crippen LogP contribution is -2.40. The quantitative estimate of drug-likeness (QED) is 0.584. The summed E-state index contributed by atoms with van der Waals surface area (Å²) in [5.74, 6) is 0.117. The lowest BCUT2D eigenvalue weighted by Gasteiger charge is -2.17. The van der Waals surface area contributed by atoms with Crippen LogP contribution >= 0.6 is 0 Å². The molecule has 3 N–H and O–H groups in total. The predicted molar refractivity (Wildman–Crippen MR) is 49.8 cm³/mol. The van der Waals surface area contributed by atoms with Gasteiger partial charge in [-0.3, -0.25) is 4.79 Å². The van der Waals surface area contributed by atoms with Gasteiger partial charge in [0.1, 0.15) is 0 Å². The Morgan fingerprint density at radius 2 is 2.17 bits per heavy atom. The topological polar surface area (TPSA) is 58.4 Å². The van der Waals surface area contributed by atoms with Gasteiger partial charge in [0.05, 0.1) is 0 Å². The number of carbonyl (C=O) groups excluding carboxylic acids is 1. The highest BCUT2D eigenvalue weighted by Gasteiger charge is 2.11. The second-order valence-corrected chi connectivity index (χ2v) is 2.98. The van der Waals surface area contributed by atoms with E-state index in [0.717, 1.165) is 6.54 Å². The van der Waals surface area contributed by atoms with E-state index in [1.54, 1.807) is 19.0 Å². The largest absolute Gasteiger partial charge is 0.349 e. The maximum atomic E-state index is 11.2. The molecule has 0 saturated carbocycles. The Bertz CT molecular complexity index is 136. The Kier molecular flexibility index (Phi) is 5.66. The number of hydrogen-bond donors (Lipinski definition) is 2. The third-order valence-electron chi connectivity index (χ3n) is 1.70. The molecule has 0 aliphatic heterocycles. The minimum atomic E-state index is 0.116. The maximum absolute atomic E-state index is 11.2. The first-order chi connectivity index (χ1) is 5.61. The van der Waals surface area contributed by atoms with Crippen molar-refractivity contribution in [2.75, 3.05) is 27.2 Å². The van der Waals surface area contributed by atoms with Crippen molar-refractivity contribution in [1.82, 2.24) is 10.2 Å². The monoisotopic (exact) mass is 173 g/mol. The number of nitrogens with two attached hydrogens (primary N) is 1. The Hall–Kier alpha value is -0.610. The molecule has 0 aromatic carbocycles. The van der Waals surface area contributed by atoms with Crippen LogP contribution in [0.2, 0.25) is 0 Å². The molecule has 0 aliphatic rings. The van der Waals surface area contributed by atoms with Gasteiger partial charge in [-0.1, -0.05) is 6.92 Å². The van der Waals surface area contributed by atoms with Gasteiger partial charge in [-0.05, 0) is 6.54 Å². The van der Waals surface area contributed by atoms with Crippen LogP contribution in [0.4, 0.5) is 0 Å². The van der Waals surface area contributed by atoms with Crippen LogP contribution in [-0.2, 0) is 4.79 Å². The molecule has 0 radical (unpaired) electrons. The predicted octanol–water partition coefficient (Wildman–Crippen LogP) is -0.598. The molecule has 0 aliphatic carbocycles. The van der Waals surface area contributed by atoms with E-state index in [1.807, 2.05) is 6.92 Å². The van der Waals surface area contributed by atoms with Gasteiger partial charge in [-0.25, -0.2) is 0 Å². The molecule has 72 valence electrons. The third kappa shape index (κ3) is 4.31. The highest BCUT2D eigenvalue weighted by molar-refractivity contribution is 5.76. The first-order valence-corrected chi connectivity index (χ1v) is 4.25. The number of likely N-dealkylation sites (N-methyl/N-ethyl adjacent to an activating group) is 1. The molecule has 0 heterocycles. The fourth-order valence-electron chi connectivity index (χ4n) is 0.921. The lowest BCUT2D eigenvalue weighted by molar-refractivity contribution is -0.129. The number of nitrogens with zero attached hydrogens (tertiary/aromatic N) is 1. The highest BCUT2D eigenvalue weighted by Crippen LogP contribution is 1.93. The van der Waals surface area contributed by atoms with Crippen LogP contribution in [0.5, 0.6) is 0 Å². The first-order valence-electron chi connectivity index (χ1n) is 4.25. The molecule has 0 aromatic rings. The van der Waals surface area contributed by atoms with Crippen molar-refractivity contribution in [2.45, 2.75) is 19.4 Å². The smallest absolute Gasteiger partial charge is 0.223 e. The van der Waals surface area contributed by atoms with E-state index in [9.17, 15) is 4.79 Å². The third-order valence-corrected chi connectivity index (χ3v) is 1.70. The number of nitrogens with one attached hydrogen (secondary N) is 1. The fraction of sp³-hybridized carbons (Fsp3) is 0.875. The molecule has 0 rings (SSSR count). The average Bonchev–Trinajstić information content (AvgIpc) is 2.03. The van der Waals surface area contributed by atoms with Crippen LogP contribution in [0.25, 0.3) is 0 Å². The van der Waals surface area contributed by atoms with Crippen LogP contribution in [0.15, 0.2) is 0 Å². The van der Waals surface area contributed by atoms with E-state index in [4.69, 9.17) is 5.73 Å². The average molecular weight is 173 g/mol. The molecule has 1 amide bonds. The van der Waals surface area contributed by atoms with Gasteiger partial charge >= 0.3 is 0 Å². The summed E-state index contributed by atoms with van der Waals surface area (Å²) in [5, 5.41) is 3.15. The molecule has 4 heteroatoms. The Morgan fingerprint density at radius 1 is 1.58 bits per heavy atom. The highest BCUT2D eigenvalue weighted by atomic mass is 16.2. The summed E-state index contributed by atoms with van der Waals surface area (Å²) in [4.78, 5) is 12.8. The van der Waals surface area contributed by atoms with Gasteiger partial charge in [0.25, 0.3) is 0 Å². The van der Waals surface area contributed by atoms with Crippen molar-refractivity contribution >= 4 is 5.91 Å². The molecular formula is C8H19N3O. The Labute approximate surface area is 74.1 Å². The molecule has 4 nitrogen and oxygen atoms in total. The van der Waals surface area contributed by atoms with Crippen molar-refractivity contribution in [3.63, 3.8) is 0 Å². The van der Waals surface area contributed by atoms with E-state index in [1.165, 1.54) is 0 Å². The van der Waals surface area contributed by atoms with Crippen LogP contribution in [0, 0.1) is 0 Å². The zero-order valence-electron chi connectivity index (χ0n) is 8.13. The van der Waals surface area contributed by atoms with Gasteiger partial charge in [-0.15, -0.1) is 0 Å². The SMILES string of the molecule is CCNC(CN)CC(=O)N(C)C. The van der Waals surface area contributed by atoms with Crippen LogP contribution in [0.3, 0.4) is 0 Å². The maximum Gasteiger partial charge on any atom is 0.223 e. The summed E-state index contributed by atoms with van der Waals surface area (Å²) >= 11 is 0. The first kappa shape index (κ1) is 11.4. The van der Waals surface area contributed by atoms with E-state index in [0.29, 0.717) is 13.0 Å². The Balaban J connectivity index is 3.77. The molecule has 1 atom stereocenters. The van der Waals surface area contributed by atoms with Gasteiger partial charge < -0.3 is 16.0 Å². The van der Waals surface area contributed by atoms with Crippen LogP contribution in [-0.4, -0.2) is 44.0 Å². The molecular weight excluding hydrogens is 154 g/mol. The van der Waals surface area contributed by atoms with E-state index >= 15 is 0 Å². The Morgan fingerprint density at radius 3 is 2.50 bits per heavy atom. The standard InChI is InChI=1S/C8H19N3O/c1-4-10-7(6-9)5-8(12)11(2)3/h7,10H,4-6,9H2,1-3H3. The molecule has 0 bridgehead atoms. The van der Waals surface area contributed by atoms with Crippen LogP contribution in [0.1, 0.15) is 13.3 Å². The van der Waals surface area contributed by atoms with Crippen molar-refractivity contribution in [2.24, 2.45) is 5.73 Å². The number of amides is 1. The molecule has 0 fully saturated rings. The normalized spacial score (nSPS) is 12.7. The summed E-state index contributed by atoms with van der Waals surface area (Å²) in [7, 11) is 3.50. The van der Waals surface area contributed by atoms with Crippen molar-refractivity contribution in [3.8, 4) is 0 Å². The molecule has 1 unspecified atom stereocenters. The molecule has 0 spiro atoms. The molecule has 0 saturated heterocycles. The van der Waals surface area contributed by atoms with E-state index in [2.05, 4.69) is 5.32 Å². The second-order valence-electron chi connectivity index (χ2n) is 2.98. The zero-order valence-corrected chi connectivity index (χ0v) is 8.13. The summed E-state index contributed by atoms with van der Waals surface area (Å²) in [6, 6.07) is 0.116. The van der Waals surface area contributed by atoms with Gasteiger partial charge in [0.2, 0.25) is 5.91 Å². The fourth-order valence-corrected chi connectivity index (χ4v) is 0.921. The van der Waals surface area contributed by atoms with Crippen molar-refractivity contribution in [3.05, 3.63) is 0 Å².